The number of phenolic OH excluding ortho intramolecular Hbond substituents is 1. The molecule has 1 aliphatic rings. The molecule has 3 aromatic rings. The van der Waals surface area contributed by atoms with E-state index in [0.29, 0.717) is 18.7 Å². The zero-order valence-electron chi connectivity index (χ0n) is 14.8. The van der Waals surface area contributed by atoms with Crippen molar-refractivity contribution in [2.75, 3.05) is 33.4 Å². The van der Waals surface area contributed by atoms with E-state index in [9.17, 15) is 5.11 Å². The molecule has 1 aliphatic heterocycles. The van der Waals surface area contributed by atoms with Gasteiger partial charge in [-0.05, 0) is 23.8 Å². The first-order valence-corrected chi connectivity index (χ1v) is 8.80. The Hall–Kier alpha value is -2.63. The maximum atomic E-state index is 11.0. The minimum Gasteiger partial charge on any atom is -0.505 e. The summed E-state index contributed by atoms with van der Waals surface area (Å²) in [5.41, 5.74) is 2.61. The number of benzene rings is 2. The smallest absolute Gasteiger partial charge is 0.146 e. The molecule has 1 fully saturated rings. The molecule has 4 rings (SSSR count). The maximum Gasteiger partial charge on any atom is 0.146 e. The van der Waals surface area contributed by atoms with Gasteiger partial charge >= 0.3 is 0 Å². The zero-order valence-corrected chi connectivity index (χ0v) is 14.8. The highest BCUT2D eigenvalue weighted by Crippen LogP contribution is 2.38. The Kier molecular flexibility index (Phi) is 4.73. The van der Waals surface area contributed by atoms with E-state index in [1.165, 1.54) is 0 Å². The molecular weight excluding hydrogens is 328 g/mol. The second-order valence-electron chi connectivity index (χ2n) is 6.40. The van der Waals surface area contributed by atoms with Crippen LogP contribution >= 0.6 is 0 Å². The van der Waals surface area contributed by atoms with Crippen molar-refractivity contribution in [1.82, 2.24) is 9.88 Å². The first kappa shape index (κ1) is 16.8. The average Bonchev–Trinajstić information content (AvgIpc) is 2.71. The highest BCUT2D eigenvalue weighted by molar-refractivity contribution is 5.85. The fourth-order valence-corrected chi connectivity index (χ4v) is 3.57. The number of ether oxygens (including phenoxy) is 2. The predicted octanol–water partition coefficient (Wildman–Crippen LogP) is 3.37. The second kappa shape index (κ2) is 7.32. The Morgan fingerprint density at radius 3 is 2.58 bits per heavy atom. The van der Waals surface area contributed by atoms with Gasteiger partial charge in [-0.1, -0.05) is 30.3 Å². The topological polar surface area (TPSA) is 54.8 Å². The molecule has 2 heterocycles. The summed E-state index contributed by atoms with van der Waals surface area (Å²) in [5.74, 6) is 1.06. The fraction of sp³-hybridized carbons (Fsp3) is 0.286. The van der Waals surface area contributed by atoms with E-state index in [4.69, 9.17) is 9.47 Å². The summed E-state index contributed by atoms with van der Waals surface area (Å²) in [4.78, 5) is 6.72. The van der Waals surface area contributed by atoms with Crippen LogP contribution in [0.3, 0.4) is 0 Å². The van der Waals surface area contributed by atoms with Crippen molar-refractivity contribution < 1.29 is 14.6 Å². The third-order valence-electron chi connectivity index (χ3n) is 4.92. The van der Waals surface area contributed by atoms with Gasteiger partial charge in [-0.3, -0.25) is 9.88 Å². The Balaban J connectivity index is 1.82. The monoisotopic (exact) mass is 350 g/mol. The molecule has 0 radical (unpaired) electrons. The molecule has 0 saturated carbocycles. The van der Waals surface area contributed by atoms with Crippen LogP contribution in [0.2, 0.25) is 0 Å². The number of nitrogens with zero attached hydrogens (tertiary/aromatic N) is 2. The molecule has 0 spiro atoms. The van der Waals surface area contributed by atoms with E-state index >= 15 is 0 Å². The Labute approximate surface area is 152 Å². The summed E-state index contributed by atoms with van der Waals surface area (Å²) < 4.78 is 10.8. The van der Waals surface area contributed by atoms with Gasteiger partial charge in [0.15, 0.2) is 0 Å². The van der Waals surface area contributed by atoms with Crippen molar-refractivity contribution in [3.8, 4) is 11.5 Å². The molecule has 1 atom stereocenters. The molecule has 5 nitrogen and oxygen atoms in total. The molecule has 0 unspecified atom stereocenters. The lowest BCUT2D eigenvalue weighted by atomic mass is 9.94. The number of fused-ring (bicyclic) bond motifs is 1. The zero-order chi connectivity index (χ0) is 17.9. The first-order valence-electron chi connectivity index (χ1n) is 8.80. The van der Waals surface area contributed by atoms with Crippen LogP contribution in [0.1, 0.15) is 17.2 Å². The number of methoxy groups -OCH3 is 1. The van der Waals surface area contributed by atoms with Crippen molar-refractivity contribution in [2.45, 2.75) is 6.04 Å². The number of aromatic nitrogens is 1. The van der Waals surface area contributed by atoms with E-state index in [2.05, 4.69) is 22.0 Å². The van der Waals surface area contributed by atoms with Crippen molar-refractivity contribution in [2.24, 2.45) is 0 Å². The van der Waals surface area contributed by atoms with Crippen molar-refractivity contribution in [1.29, 1.82) is 0 Å². The third-order valence-corrected chi connectivity index (χ3v) is 4.92. The van der Waals surface area contributed by atoms with E-state index < -0.39 is 0 Å². The van der Waals surface area contributed by atoms with Gasteiger partial charge in [0, 0.05) is 30.2 Å². The summed E-state index contributed by atoms with van der Waals surface area (Å²) in [6, 6.07) is 15.8. The average molecular weight is 350 g/mol. The molecule has 1 saturated heterocycles. The molecule has 5 heteroatoms. The normalized spacial score (nSPS) is 16.5. The molecule has 0 amide bonds. The summed E-state index contributed by atoms with van der Waals surface area (Å²) in [6.45, 7) is 3.02. The molecule has 26 heavy (non-hydrogen) atoms. The Morgan fingerprint density at radius 2 is 1.85 bits per heavy atom. The number of rotatable bonds is 4. The SMILES string of the molecule is COc1ccc([C@H](c2ccc3cccnc3c2O)N2CCOCC2)cc1. The van der Waals surface area contributed by atoms with Crippen molar-refractivity contribution in [3.63, 3.8) is 0 Å². The van der Waals surface area contributed by atoms with Crippen LogP contribution in [-0.2, 0) is 4.74 Å². The molecule has 1 aromatic heterocycles. The van der Waals surface area contributed by atoms with Crippen LogP contribution in [0, 0.1) is 0 Å². The van der Waals surface area contributed by atoms with Crippen molar-refractivity contribution >= 4 is 10.9 Å². The minimum atomic E-state index is -0.0591. The van der Waals surface area contributed by atoms with Crippen LogP contribution in [-0.4, -0.2) is 48.4 Å². The van der Waals surface area contributed by atoms with Gasteiger partial charge < -0.3 is 14.6 Å². The van der Waals surface area contributed by atoms with Crippen LogP contribution in [0.5, 0.6) is 11.5 Å². The Morgan fingerprint density at radius 1 is 1.08 bits per heavy atom. The number of pyridine rings is 1. The van der Waals surface area contributed by atoms with E-state index in [0.717, 1.165) is 35.4 Å². The summed E-state index contributed by atoms with van der Waals surface area (Å²) >= 11 is 0. The Bertz CT molecular complexity index is 889. The number of phenols is 1. The van der Waals surface area contributed by atoms with E-state index in [1.807, 2.05) is 36.4 Å². The number of morpholine rings is 1. The second-order valence-corrected chi connectivity index (χ2v) is 6.40. The van der Waals surface area contributed by atoms with Gasteiger partial charge in [-0.15, -0.1) is 0 Å². The third kappa shape index (κ3) is 3.11. The van der Waals surface area contributed by atoms with Gasteiger partial charge in [0.05, 0.1) is 26.4 Å². The summed E-state index contributed by atoms with van der Waals surface area (Å²) in [7, 11) is 1.66. The lowest BCUT2D eigenvalue weighted by Gasteiger charge is -2.35. The minimum absolute atomic E-state index is 0.0591. The van der Waals surface area contributed by atoms with Gasteiger partial charge in [0.1, 0.15) is 17.0 Å². The van der Waals surface area contributed by atoms with Gasteiger partial charge in [-0.2, -0.15) is 0 Å². The first-order chi connectivity index (χ1) is 12.8. The molecule has 0 aliphatic carbocycles. The van der Waals surface area contributed by atoms with Gasteiger partial charge in [0.25, 0.3) is 0 Å². The molecule has 0 bridgehead atoms. The standard InChI is InChI=1S/C21H22N2O3/c1-25-17-7-4-16(5-8-17)20(23-11-13-26-14-12-23)18-9-6-15-3-2-10-22-19(15)21(18)24/h2-10,20,24H,11-14H2,1H3/t20-/m1/s1. The summed E-state index contributed by atoms with van der Waals surface area (Å²) in [6.07, 6.45) is 1.71. The van der Waals surface area contributed by atoms with E-state index in [-0.39, 0.29) is 11.8 Å². The lowest BCUT2D eigenvalue weighted by molar-refractivity contribution is 0.0236. The quantitative estimate of drug-likeness (QED) is 0.782. The van der Waals surface area contributed by atoms with Crippen LogP contribution < -0.4 is 4.74 Å². The largest absolute Gasteiger partial charge is 0.505 e. The fourth-order valence-electron chi connectivity index (χ4n) is 3.57. The van der Waals surface area contributed by atoms with Crippen LogP contribution in [0.15, 0.2) is 54.7 Å². The molecule has 2 aromatic carbocycles. The van der Waals surface area contributed by atoms with Crippen LogP contribution in [0.4, 0.5) is 0 Å². The van der Waals surface area contributed by atoms with Crippen molar-refractivity contribution in [3.05, 3.63) is 65.9 Å². The highest BCUT2D eigenvalue weighted by atomic mass is 16.5. The summed E-state index contributed by atoms with van der Waals surface area (Å²) in [5, 5.41) is 11.9. The number of aromatic hydroxyl groups is 1. The molecule has 134 valence electrons. The van der Waals surface area contributed by atoms with E-state index in [1.54, 1.807) is 13.3 Å². The maximum absolute atomic E-state index is 11.0. The number of hydrogen-bond donors (Lipinski definition) is 1. The van der Waals surface area contributed by atoms with Gasteiger partial charge in [-0.25, -0.2) is 0 Å². The lowest BCUT2D eigenvalue weighted by Crippen LogP contribution is -2.39. The highest BCUT2D eigenvalue weighted by Gasteiger charge is 2.27. The number of hydrogen-bond acceptors (Lipinski definition) is 5. The van der Waals surface area contributed by atoms with Crippen LogP contribution in [0.25, 0.3) is 10.9 Å². The van der Waals surface area contributed by atoms with Gasteiger partial charge in [0.2, 0.25) is 0 Å². The predicted molar refractivity (Wildman–Crippen MR) is 101 cm³/mol. The molecular formula is C21H22N2O3. The molecule has 1 N–H and O–H groups in total.